The normalized spacial score (nSPS) is 10.2. The molecule has 120 valence electrons. The molecule has 2 aromatic carbocycles. The van der Waals surface area contributed by atoms with Gasteiger partial charge in [0.2, 0.25) is 0 Å². The third kappa shape index (κ3) is 4.43. The van der Waals surface area contributed by atoms with E-state index in [1.807, 2.05) is 60.7 Å². The van der Waals surface area contributed by atoms with Gasteiger partial charge in [0.25, 0.3) is 5.91 Å². The van der Waals surface area contributed by atoms with E-state index in [4.69, 9.17) is 4.74 Å². The molecule has 0 spiro atoms. The Balaban J connectivity index is 1.53. The van der Waals surface area contributed by atoms with E-state index in [1.165, 1.54) is 0 Å². The topological polar surface area (TPSA) is 51.2 Å². The summed E-state index contributed by atoms with van der Waals surface area (Å²) in [5, 5.41) is 2.86. The number of amides is 1. The Morgan fingerprint density at radius 3 is 2.38 bits per heavy atom. The van der Waals surface area contributed by atoms with E-state index in [-0.39, 0.29) is 5.91 Å². The molecule has 1 N–H and O–H groups in total. The Morgan fingerprint density at radius 2 is 1.67 bits per heavy atom. The third-order valence-corrected chi connectivity index (χ3v) is 3.52. The van der Waals surface area contributed by atoms with Gasteiger partial charge in [0.15, 0.2) is 0 Å². The van der Waals surface area contributed by atoms with Crippen molar-refractivity contribution in [3.63, 3.8) is 0 Å². The van der Waals surface area contributed by atoms with Crippen molar-refractivity contribution in [2.24, 2.45) is 0 Å². The number of carbonyl (C=O) groups is 1. The average molecular weight is 318 g/mol. The highest BCUT2D eigenvalue weighted by atomic mass is 16.5. The van der Waals surface area contributed by atoms with Crippen molar-refractivity contribution in [2.75, 3.05) is 0 Å². The molecule has 0 aliphatic carbocycles. The molecule has 0 bridgehead atoms. The molecule has 0 fully saturated rings. The zero-order valence-electron chi connectivity index (χ0n) is 13.2. The number of benzene rings is 2. The summed E-state index contributed by atoms with van der Waals surface area (Å²) in [6.07, 6.45) is 1.71. The molecule has 24 heavy (non-hydrogen) atoms. The summed E-state index contributed by atoms with van der Waals surface area (Å²) in [6.45, 7) is 0.887. The van der Waals surface area contributed by atoms with Crippen LogP contribution in [-0.2, 0) is 13.2 Å². The van der Waals surface area contributed by atoms with Gasteiger partial charge < -0.3 is 10.1 Å². The number of nitrogens with zero attached hydrogens (tertiary/aromatic N) is 1. The molecule has 1 aromatic heterocycles. The summed E-state index contributed by atoms with van der Waals surface area (Å²) in [6, 6.07) is 22.7. The van der Waals surface area contributed by atoms with Crippen LogP contribution in [0.3, 0.4) is 0 Å². The summed E-state index contributed by atoms with van der Waals surface area (Å²) < 4.78 is 5.69. The van der Waals surface area contributed by atoms with Crippen molar-refractivity contribution in [1.82, 2.24) is 10.3 Å². The Morgan fingerprint density at radius 1 is 0.917 bits per heavy atom. The quantitative estimate of drug-likeness (QED) is 0.755. The number of hydrogen-bond acceptors (Lipinski definition) is 3. The van der Waals surface area contributed by atoms with Crippen LogP contribution in [0.25, 0.3) is 0 Å². The van der Waals surface area contributed by atoms with Gasteiger partial charge in [-0.05, 0) is 42.0 Å². The maximum absolute atomic E-state index is 12.1. The lowest BCUT2D eigenvalue weighted by molar-refractivity contribution is 0.0950. The average Bonchev–Trinajstić information content (AvgIpc) is 2.66. The molecule has 0 saturated carbocycles. The van der Waals surface area contributed by atoms with Crippen LogP contribution in [0, 0.1) is 0 Å². The van der Waals surface area contributed by atoms with Crippen LogP contribution in [0.2, 0.25) is 0 Å². The van der Waals surface area contributed by atoms with Crippen LogP contribution in [0.15, 0.2) is 79.0 Å². The molecule has 0 unspecified atom stereocenters. The SMILES string of the molecule is O=C(NCc1ccccn1)c1ccc(COc2ccccc2)cc1. The smallest absolute Gasteiger partial charge is 0.251 e. The Labute approximate surface area is 141 Å². The minimum absolute atomic E-state index is 0.115. The Bertz CT molecular complexity index is 772. The summed E-state index contributed by atoms with van der Waals surface area (Å²) in [5.74, 6) is 0.714. The van der Waals surface area contributed by atoms with E-state index < -0.39 is 0 Å². The number of carbonyl (C=O) groups excluding carboxylic acids is 1. The van der Waals surface area contributed by atoms with Gasteiger partial charge in [0.05, 0.1) is 12.2 Å². The van der Waals surface area contributed by atoms with Crippen LogP contribution < -0.4 is 10.1 Å². The van der Waals surface area contributed by atoms with Gasteiger partial charge >= 0.3 is 0 Å². The van der Waals surface area contributed by atoms with E-state index in [1.54, 1.807) is 18.3 Å². The van der Waals surface area contributed by atoms with Crippen LogP contribution in [-0.4, -0.2) is 10.9 Å². The summed E-state index contributed by atoms with van der Waals surface area (Å²) in [4.78, 5) is 16.3. The number of ether oxygens (including phenoxy) is 1. The second-order valence-electron chi connectivity index (χ2n) is 5.30. The molecular formula is C20H18N2O2. The number of para-hydroxylation sites is 1. The first-order valence-electron chi connectivity index (χ1n) is 7.76. The highest BCUT2D eigenvalue weighted by molar-refractivity contribution is 5.94. The van der Waals surface area contributed by atoms with Gasteiger partial charge in [-0.25, -0.2) is 0 Å². The van der Waals surface area contributed by atoms with E-state index in [2.05, 4.69) is 10.3 Å². The Hall–Kier alpha value is -3.14. The Kier molecular flexibility index (Phi) is 5.20. The largest absolute Gasteiger partial charge is 0.489 e. The molecular weight excluding hydrogens is 300 g/mol. The van der Waals surface area contributed by atoms with Gasteiger partial charge in [-0.3, -0.25) is 9.78 Å². The number of aromatic nitrogens is 1. The van der Waals surface area contributed by atoms with Crippen molar-refractivity contribution in [3.05, 3.63) is 95.8 Å². The minimum atomic E-state index is -0.115. The molecule has 1 amide bonds. The maximum atomic E-state index is 12.1. The van der Waals surface area contributed by atoms with Crippen LogP contribution in [0.1, 0.15) is 21.6 Å². The van der Waals surface area contributed by atoms with E-state index in [0.29, 0.717) is 18.7 Å². The molecule has 0 radical (unpaired) electrons. The molecule has 0 aliphatic heterocycles. The first-order chi connectivity index (χ1) is 11.8. The van der Waals surface area contributed by atoms with Crippen molar-refractivity contribution in [3.8, 4) is 5.75 Å². The number of nitrogens with one attached hydrogen (secondary N) is 1. The van der Waals surface area contributed by atoms with Gasteiger partial charge in [-0.1, -0.05) is 36.4 Å². The molecule has 1 heterocycles. The number of rotatable bonds is 6. The molecule has 0 saturated heterocycles. The molecule has 0 aliphatic rings. The molecule has 4 heteroatoms. The predicted molar refractivity (Wildman–Crippen MR) is 92.6 cm³/mol. The zero-order valence-corrected chi connectivity index (χ0v) is 13.2. The van der Waals surface area contributed by atoms with Gasteiger partial charge in [0, 0.05) is 11.8 Å². The van der Waals surface area contributed by atoms with E-state index in [9.17, 15) is 4.79 Å². The fraction of sp³-hybridized carbons (Fsp3) is 0.100. The van der Waals surface area contributed by atoms with Crippen molar-refractivity contribution >= 4 is 5.91 Å². The first-order valence-corrected chi connectivity index (χ1v) is 7.76. The van der Waals surface area contributed by atoms with Crippen LogP contribution in [0.5, 0.6) is 5.75 Å². The summed E-state index contributed by atoms with van der Waals surface area (Å²) >= 11 is 0. The standard InChI is InChI=1S/C20H18N2O2/c23-20(22-14-18-6-4-5-13-21-18)17-11-9-16(10-12-17)15-24-19-7-2-1-3-8-19/h1-13H,14-15H2,(H,22,23). The zero-order chi connectivity index (χ0) is 16.6. The number of hydrogen-bond donors (Lipinski definition) is 1. The van der Waals surface area contributed by atoms with Gasteiger partial charge in [-0.2, -0.15) is 0 Å². The molecule has 3 aromatic rings. The van der Waals surface area contributed by atoms with Gasteiger partial charge in [-0.15, -0.1) is 0 Å². The maximum Gasteiger partial charge on any atom is 0.251 e. The third-order valence-electron chi connectivity index (χ3n) is 3.52. The van der Waals surface area contributed by atoms with Crippen LogP contribution in [0.4, 0.5) is 0 Å². The van der Waals surface area contributed by atoms with Crippen molar-refractivity contribution in [1.29, 1.82) is 0 Å². The fourth-order valence-corrected chi connectivity index (χ4v) is 2.21. The van der Waals surface area contributed by atoms with Gasteiger partial charge in [0.1, 0.15) is 12.4 Å². The molecule has 0 atom stereocenters. The highest BCUT2D eigenvalue weighted by Gasteiger charge is 2.05. The number of pyridine rings is 1. The van der Waals surface area contributed by atoms with E-state index in [0.717, 1.165) is 17.0 Å². The second-order valence-corrected chi connectivity index (χ2v) is 5.30. The minimum Gasteiger partial charge on any atom is -0.489 e. The first kappa shape index (κ1) is 15.7. The van der Waals surface area contributed by atoms with Crippen LogP contribution >= 0.6 is 0 Å². The lowest BCUT2D eigenvalue weighted by Gasteiger charge is -2.08. The van der Waals surface area contributed by atoms with E-state index >= 15 is 0 Å². The van der Waals surface area contributed by atoms with Crippen molar-refractivity contribution < 1.29 is 9.53 Å². The lowest BCUT2D eigenvalue weighted by atomic mass is 10.1. The lowest BCUT2D eigenvalue weighted by Crippen LogP contribution is -2.23. The summed E-state index contributed by atoms with van der Waals surface area (Å²) in [5.41, 5.74) is 2.47. The predicted octanol–water partition coefficient (Wildman–Crippen LogP) is 3.59. The summed E-state index contributed by atoms with van der Waals surface area (Å²) in [7, 11) is 0. The molecule has 3 rings (SSSR count). The monoisotopic (exact) mass is 318 g/mol. The highest BCUT2D eigenvalue weighted by Crippen LogP contribution is 2.12. The fourth-order valence-electron chi connectivity index (χ4n) is 2.21. The molecule has 4 nitrogen and oxygen atoms in total. The van der Waals surface area contributed by atoms with Crippen molar-refractivity contribution in [2.45, 2.75) is 13.2 Å². The second kappa shape index (κ2) is 7.92.